The molecule has 3 heteroatoms. The van der Waals surface area contributed by atoms with E-state index in [-0.39, 0.29) is 0 Å². The number of hydrogen-bond acceptors (Lipinski definition) is 2. The number of aliphatic imine (C=N–C) groups is 1. The van der Waals surface area contributed by atoms with Gasteiger partial charge >= 0.3 is 126 Å². The third-order valence-corrected chi connectivity index (χ3v) is 5.52. The van der Waals surface area contributed by atoms with E-state index in [2.05, 4.69) is 47.2 Å². The fraction of sp³-hybridized carbons (Fsp3) is 0.118. The zero-order chi connectivity index (χ0) is 13.8. The van der Waals surface area contributed by atoms with Crippen LogP contribution in [0.4, 0.5) is 11.4 Å². The first-order valence-corrected chi connectivity index (χ1v) is 8.43. The zero-order valence-corrected chi connectivity index (χ0v) is 13.1. The number of hydrogen-bond donors (Lipinski definition) is 0. The first-order chi connectivity index (χ1) is 9.88. The van der Waals surface area contributed by atoms with Crippen molar-refractivity contribution in [2.45, 2.75) is 6.92 Å². The summed E-state index contributed by atoms with van der Waals surface area (Å²) >= 11 is 0.384. The molecule has 1 aliphatic rings. The molecule has 1 heterocycles. The summed E-state index contributed by atoms with van der Waals surface area (Å²) in [5.41, 5.74) is 2.35. The van der Waals surface area contributed by atoms with E-state index in [1.165, 1.54) is 14.7 Å². The van der Waals surface area contributed by atoms with Gasteiger partial charge in [-0.3, -0.25) is 0 Å². The summed E-state index contributed by atoms with van der Waals surface area (Å²) in [4.78, 5) is 6.86. The van der Waals surface area contributed by atoms with Crippen LogP contribution in [0.3, 0.4) is 0 Å². The molecule has 0 aromatic heterocycles. The van der Waals surface area contributed by atoms with E-state index < -0.39 is 0 Å². The summed E-state index contributed by atoms with van der Waals surface area (Å²) in [5.74, 6) is 0. The Labute approximate surface area is 126 Å². The van der Waals surface area contributed by atoms with Crippen LogP contribution < -0.4 is 9.36 Å². The van der Waals surface area contributed by atoms with Crippen molar-refractivity contribution in [1.29, 1.82) is 0 Å². The van der Waals surface area contributed by atoms with Gasteiger partial charge in [-0.1, -0.05) is 0 Å². The Kier molecular flexibility index (Phi) is 4.00. The molecule has 0 atom stereocenters. The Morgan fingerprint density at radius 3 is 2.60 bits per heavy atom. The van der Waals surface area contributed by atoms with Crippen LogP contribution in [0.2, 0.25) is 0 Å². The van der Waals surface area contributed by atoms with Crippen LogP contribution in [0.1, 0.15) is 6.92 Å². The topological polar surface area (TPSA) is 15.6 Å². The molecule has 0 unspecified atom stereocenters. The average Bonchev–Trinajstić information content (AvgIpc) is 2.86. The minimum atomic E-state index is 0.384. The van der Waals surface area contributed by atoms with Crippen LogP contribution in [0.25, 0.3) is 0 Å². The molecule has 0 saturated heterocycles. The fourth-order valence-corrected chi connectivity index (χ4v) is 4.56. The zero-order valence-electron chi connectivity index (χ0n) is 11.4. The normalized spacial score (nSPS) is 16.1. The van der Waals surface area contributed by atoms with Crippen molar-refractivity contribution in [3.8, 4) is 0 Å². The Hall–Kier alpha value is -1.83. The van der Waals surface area contributed by atoms with Gasteiger partial charge in [-0.15, -0.1) is 0 Å². The molecule has 1 aliphatic heterocycles. The number of para-hydroxylation sites is 2. The average molecular weight is 327 g/mol. The maximum atomic E-state index is 4.48. The monoisotopic (exact) mass is 328 g/mol. The van der Waals surface area contributed by atoms with E-state index in [0.29, 0.717) is 15.0 Å². The summed E-state index contributed by atoms with van der Waals surface area (Å²) < 4.78 is 2.84. The minimum absolute atomic E-state index is 0.384. The number of nitrogens with zero attached hydrogens (tertiary/aromatic N) is 2. The van der Waals surface area contributed by atoms with Crippen LogP contribution in [0.15, 0.2) is 70.3 Å². The van der Waals surface area contributed by atoms with Crippen molar-refractivity contribution in [2.24, 2.45) is 4.99 Å². The molecule has 20 heavy (non-hydrogen) atoms. The Bertz CT molecular complexity index is 647. The second kappa shape index (κ2) is 6.08. The number of rotatable bonds is 3. The van der Waals surface area contributed by atoms with Crippen molar-refractivity contribution >= 4 is 37.0 Å². The maximum absolute atomic E-state index is 4.48. The van der Waals surface area contributed by atoms with E-state index in [1.807, 2.05) is 36.5 Å². The Morgan fingerprint density at radius 1 is 1.05 bits per heavy atom. The van der Waals surface area contributed by atoms with Gasteiger partial charge in [-0.25, -0.2) is 0 Å². The molecule has 0 bridgehead atoms. The first kappa shape index (κ1) is 13.2. The van der Waals surface area contributed by atoms with E-state index in [9.17, 15) is 0 Å². The van der Waals surface area contributed by atoms with Crippen molar-refractivity contribution in [3.63, 3.8) is 0 Å². The van der Waals surface area contributed by atoms with Crippen molar-refractivity contribution in [1.82, 2.24) is 0 Å². The van der Waals surface area contributed by atoms with Gasteiger partial charge in [0.05, 0.1) is 0 Å². The summed E-state index contributed by atoms with van der Waals surface area (Å²) in [6, 6.07) is 18.7. The number of anilines is 1. The molecule has 0 spiro atoms. The predicted octanol–water partition coefficient (Wildman–Crippen LogP) is 3.10. The van der Waals surface area contributed by atoms with Crippen LogP contribution >= 0.6 is 0 Å². The predicted molar refractivity (Wildman–Crippen MR) is 87.5 cm³/mol. The molecule has 2 aromatic carbocycles. The van der Waals surface area contributed by atoms with Crippen molar-refractivity contribution < 1.29 is 0 Å². The molecular formula is C17H16N2Se. The van der Waals surface area contributed by atoms with Crippen LogP contribution in [-0.2, 0) is 0 Å². The molecule has 2 nitrogen and oxygen atoms in total. The van der Waals surface area contributed by atoms with E-state index in [4.69, 9.17) is 0 Å². The van der Waals surface area contributed by atoms with Gasteiger partial charge in [0.15, 0.2) is 0 Å². The van der Waals surface area contributed by atoms with E-state index in [0.717, 1.165) is 12.2 Å². The second-order valence-corrected chi connectivity index (χ2v) is 6.66. The quantitative estimate of drug-likeness (QED) is 0.625. The number of fused-ring (bicyclic) bond motifs is 1. The second-order valence-electron chi connectivity index (χ2n) is 4.43. The Morgan fingerprint density at radius 2 is 1.80 bits per heavy atom. The van der Waals surface area contributed by atoms with Crippen LogP contribution in [-0.4, -0.2) is 27.7 Å². The molecule has 0 fully saturated rings. The van der Waals surface area contributed by atoms with Gasteiger partial charge in [0.2, 0.25) is 0 Å². The van der Waals surface area contributed by atoms with Gasteiger partial charge in [-0.2, -0.15) is 0 Å². The summed E-state index contributed by atoms with van der Waals surface area (Å²) in [6.07, 6.45) is 4.07. The standard InChI is InChI=1S/C17H16N2Se/c1-2-19-15-10-6-7-11-16(15)20-17(19)12-13-18-14-8-4-3-5-9-14/h3-13H,2H2,1H3/b17-12+,18-13?. The third kappa shape index (κ3) is 2.69. The molecule has 0 saturated carbocycles. The fourth-order valence-electron chi connectivity index (χ4n) is 2.20. The van der Waals surface area contributed by atoms with Crippen LogP contribution in [0, 0.1) is 0 Å². The van der Waals surface area contributed by atoms with Crippen molar-refractivity contribution in [3.05, 3.63) is 65.3 Å². The van der Waals surface area contributed by atoms with Gasteiger partial charge in [0, 0.05) is 0 Å². The van der Waals surface area contributed by atoms with Gasteiger partial charge in [0.1, 0.15) is 0 Å². The summed E-state index contributed by atoms with van der Waals surface area (Å²) in [6.45, 7) is 3.20. The SMILES string of the molecule is CCN1/C(=C\C=Nc2ccccc2)[Se]c2ccccc21. The summed E-state index contributed by atoms with van der Waals surface area (Å²) in [5, 5.41) is 0. The molecular weight excluding hydrogens is 311 g/mol. The first-order valence-electron chi connectivity index (χ1n) is 6.72. The molecule has 100 valence electrons. The molecule has 3 rings (SSSR count). The summed E-state index contributed by atoms with van der Waals surface area (Å²) in [7, 11) is 0. The van der Waals surface area contributed by atoms with E-state index >= 15 is 0 Å². The van der Waals surface area contributed by atoms with Gasteiger partial charge in [0.25, 0.3) is 0 Å². The van der Waals surface area contributed by atoms with E-state index in [1.54, 1.807) is 0 Å². The number of benzene rings is 2. The molecule has 0 aliphatic carbocycles. The molecule has 2 aromatic rings. The van der Waals surface area contributed by atoms with Crippen LogP contribution in [0.5, 0.6) is 0 Å². The van der Waals surface area contributed by atoms with Gasteiger partial charge in [-0.05, 0) is 0 Å². The molecule has 0 amide bonds. The number of allylic oxidation sites excluding steroid dienone is 1. The molecule has 0 N–H and O–H groups in total. The molecule has 0 radical (unpaired) electrons. The Balaban J connectivity index is 1.81. The van der Waals surface area contributed by atoms with Gasteiger partial charge < -0.3 is 0 Å². The third-order valence-electron chi connectivity index (χ3n) is 3.15. The van der Waals surface area contributed by atoms with Crippen molar-refractivity contribution in [2.75, 3.05) is 11.4 Å².